The topological polar surface area (TPSA) is 94.1 Å². The Morgan fingerprint density at radius 1 is 1.22 bits per heavy atom. The summed E-state index contributed by atoms with van der Waals surface area (Å²) in [7, 11) is 0. The number of hydrogen-bond donors (Lipinski definition) is 1. The minimum atomic E-state index is -0.830. The molecule has 1 aliphatic rings. The lowest BCUT2D eigenvalue weighted by atomic mass is 9.83. The number of aliphatic hydroxyl groups is 1. The van der Waals surface area contributed by atoms with E-state index in [4.69, 9.17) is 0 Å². The Morgan fingerprint density at radius 3 is 2.57 bits per heavy atom. The third-order valence-electron chi connectivity index (χ3n) is 4.47. The van der Waals surface area contributed by atoms with Gasteiger partial charge in [-0.25, -0.2) is 0 Å². The van der Waals surface area contributed by atoms with Crippen molar-refractivity contribution >= 4 is 5.69 Å². The van der Waals surface area contributed by atoms with E-state index in [1.807, 2.05) is 6.20 Å². The summed E-state index contributed by atoms with van der Waals surface area (Å²) in [6, 6.07) is 6.52. The van der Waals surface area contributed by atoms with Crippen molar-refractivity contribution < 1.29 is 10.0 Å². The number of nitrogens with zero attached hydrogens (tertiary/aromatic N) is 4. The second kappa shape index (κ2) is 6.45. The highest BCUT2D eigenvalue weighted by Crippen LogP contribution is 2.35. The summed E-state index contributed by atoms with van der Waals surface area (Å²) in [4.78, 5) is 10.2. The van der Waals surface area contributed by atoms with Crippen LogP contribution in [0.2, 0.25) is 0 Å². The fraction of sp³-hybridized carbons (Fsp3) is 0.500. The maximum Gasteiger partial charge on any atom is 0.269 e. The van der Waals surface area contributed by atoms with Crippen molar-refractivity contribution in [2.75, 3.05) is 0 Å². The molecule has 122 valence electrons. The van der Waals surface area contributed by atoms with Crippen LogP contribution in [0.4, 0.5) is 5.69 Å². The molecule has 1 N–H and O–H groups in total. The van der Waals surface area contributed by atoms with Gasteiger partial charge in [-0.15, -0.1) is 5.10 Å². The van der Waals surface area contributed by atoms with Gasteiger partial charge in [0.05, 0.1) is 11.1 Å². The van der Waals surface area contributed by atoms with Gasteiger partial charge in [0.15, 0.2) is 0 Å². The first-order valence-electron chi connectivity index (χ1n) is 7.93. The molecule has 1 fully saturated rings. The molecule has 1 aliphatic carbocycles. The van der Waals surface area contributed by atoms with Crippen molar-refractivity contribution in [2.24, 2.45) is 0 Å². The zero-order chi connectivity index (χ0) is 16.3. The first-order chi connectivity index (χ1) is 11.1. The van der Waals surface area contributed by atoms with E-state index >= 15 is 0 Å². The molecule has 1 saturated carbocycles. The fourth-order valence-electron chi connectivity index (χ4n) is 3.04. The minimum absolute atomic E-state index is 0.0938. The summed E-state index contributed by atoms with van der Waals surface area (Å²) in [6.45, 7) is 0.626. The van der Waals surface area contributed by atoms with Gasteiger partial charge in [-0.1, -0.05) is 36.6 Å². The number of nitro groups is 1. The molecule has 0 unspecified atom stereocenters. The predicted octanol–water partition coefficient (Wildman–Crippen LogP) is 2.58. The van der Waals surface area contributed by atoms with E-state index in [0.717, 1.165) is 37.7 Å². The molecule has 7 heteroatoms. The van der Waals surface area contributed by atoms with Gasteiger partial charge in [-0.2, -0.15) is 0 Å². The second-order valence-electron chi connectivity index (χ2n) is 6.13. The van der Waals surface area contributed by atoms with E-state index in [9.17, 15) is 15.2 Å². The Labute approximate surface area is 134 Å². The molecule has 0 atom stereocenters. The van der Waals surface area contributed by atoms with Crippen LogP contribution in [0.1, 0.15) is 43.4 Å². The van der Waals surface area contributed by atoms with Crippen LogP contribution in [-0.2, 0) is 18.6 Å². The van der Waals surface area contributed by atoms with E-state index in [2.05, 4.69) is 10.3 Å². The molecule has 1 heterocycles. The lowest BCUT2D eigenvalue weighted by Crippen LogP contribution is -2.28. The Balaban J connectivity index is 1.62. The van der Waals surface area contributed by atoms with Gasteiger partial charge in [-0.3, -0.25) is 14.8 Å². The van der Waals surface area contributed by atoms with Gasteiger partial charge in [0.1, 0.15) is 11.3 Å². The molecule has 0 aliphatic heterocycles. The van der Waals surface area contributed by atoms with Crippen molar-refractivity contribution in [3.8, 4) is 0 Å². The molecule has 0 bridgehead atoms. The third kappa shape index (κ3) is 3.56. The first kappa shape index (κ1) is 15.6. The molecule has 7 nitrogen and oxygen atoms in total. The average molecular weight is 316 g/mol. The first-order valence-corrected chi connectivity index (χ1v) is 7.93. The number of nitro benzene ring substituents is 1. The average Bonchev–Trinajstić information content (AvgIpc) is 3.04. The maximum atomic E-state index is 10.6. The number of aryl methyl sites for hydroxylation is 2. The predicted molar refractivity (Wildman–Crippen MR) is 83.8 cm³/mol. The minimum Gasteiger partial charge on any atom is -0.383 e. The largest absolute Gasteiger partial charge is 0.383 e. The van der Waals surface area contributed by atoms with E-state index in [-0.39, 0.29) is 5.69 Å². The highest BCUT2D eigenvalue weighted by atomic mass is 16.6. The van der Waals surface area contributed by atoms with Gasteiger partial charge >= 0.3 is 0 Å². The molecule has 1 aromatic carbocycles. The summed E-state index contributed by atoms with van der Waals surface area (Å²) < 4.78 is 1.73. The maximum absolute atomic E-state index is 10.6. The smallest absolute Gasteiger partial charge is 0.269 e. The molecule has 1 aromatic heterocycles. The molecular weight excluding hydrogens is 296 g/mol. The van der Waals surface area contributed by atoms with E-state index in [0.29, 0.717) is 18.7 Å². The van der Waals surface area contributed by atoms with E-state index in [1.165, 1.54) is 12.1 Å². The van der Waals surface area contributed by atoms with Crippen LogP contribution in [0.5, 0.6) is 0 Å². The zero-order valence-corrected chi connectivity index (χ0v) is 12.9. The van der Waals surface area contributed by atoms with Crippen LogP contribution in [-0.4, -0.2) is 25.0 Å². The summed E-state index contributed by atoms with van der Waals surface area (Å²) >= 11 is 0. The van der Waals surface area contributed by atoms with Crippen LogP contribution in [0.15, 0.2) is 30.5 Å². The monoisotopic (exact) mass is 316 g/mol. The van der Waals surface area contributed by atoms with Crippen LogP contribution in [0.3, 0.4) is 0 Å². The quantitative estimate of drug-likeness (QED) is 0.676. The zero-order valence-electron chi connectivity index (χ0n) is 12.9. The third-order valence-corrected chi connectivity index (χ3v) is 4.47. The van der Waals surface area contributed by atoms with Crippen LogP contribution < -0.4 is 0 Å². The molecule has 3 rings (SSSR count). The van der Waals surface area contributed by atoms with Crippen LogP contribution >= 0.6 is 0 Å². The normalized spacial score (nSPS) is 17.1. The van der Waals surface area contributed by atoms with Gasteiger partial charge in [0.25, 0.3) is 5.69 Å². The van der Waals surface area contributed by atoms with E-state index < -0.39 is 10.5 Å². The summed E-state index contributed by atoms with van der Waals surface area (Å²) in [6.07, 6.45) is 7.22. The number of non-ortho nitro benzene ring substituents is 1. The SMILES string of the molecule is O=[N+]([O-])c1ccc(CCn2cc(C3(O)CCCCC3)nn2)cc1. The molecule has 0 radical (unpaired) electrons. The Bertz CT molecular complexity index is 675. The molecule has 2 aromatic rings. The van der Waals surface area contributed by atoms with Crippen LogP contribution in [0.25, 0.3) is 0 Å². The lowest BCUT2D eigenvalue weighted by Gasteiger charge is -2.29. The number of aromatic nitrogens is 3. The van der Waals surface area contributed by atoms with Crippen molar-refractivity contribution in [3.05, 3.63) is 51.8 Å². The van der Waals surface area contributed by atoms with Crippen molar-refractivity contribution in [2.45, 2.75) is 50.7 Å². The summed E-state index contributed by atoms with van der Waals surface area (Å²) in [5.41, 5.74) is 0.922. The van der Waals surface area contributed by atoms with Gasteiger partial charge in [0.2, 0.25) is 0 Å². The molecule has 23 heavy (non-hydrogen) atoms. The summed E-state index contributed by atoms with van der Waals surface area (Å²) in [5.74, 6) is 0. The highest BCUT2D eigenvalue weighted by Gasteiger charge is 2.33. The van der Waals surface area contributed by atoms with Gasteiger partial charge in [0, 0.05) is 18.7 Å². The highest BCUT2D eigenvalue weighted by molar-refractivity contribution is 5.32. The van der Waals surface area contributed by atoms with Gasteiger partial charge < -0.3 is 5.11 Å². The molecule has 0 spiro atoms. The Kier molecular flexibility index (Phi) is 4.38. The second-order valence-corrected chi connectivity index (χ2v) is 6.13. The lowest BCUT2D eigenvalue weighted by molar-refractivity contribution is -0.384. The standard InChI is InChI=1S/C16H20N4O3/c21-16(9-2-1-3-10-16)15-12-19(18-17-15)11-8-13-4-6-14(7-5-13)20(22)23/h4-7,12,21H,1-3,8-11H2. The Morgan fingerprint density at radius 2 is 1.91 bits per heavy atom. The number of benzene rings is 1. The Hall–Kier alpha value is -2.28. The van der Waals surface area contributed by atoms with Crippen molar-refractivity contribution in [3.63, 3.8) is 0 Å². The van der Waals surface area contributed by atoms with Crippen LogP contribution in [0, 0.1) is 10.1 Å². The molecule has 0 saturated heterocycles. The van der Waals surface area contributed by atoms with Gasteiger partial charge in [-0.05, 0) is 24.8 Å². The van der Waals surface area contributed by atoms with E-state index in [1.54, 1.807) is 16.8 Å². The summed E-state index contributed by atoms with van der Waals surface area (Å²) in [5, 5.41) is 29.5. The van der Waals surface area contributed by atoms with Crippen molar-refractivity contribution in [1.29, 1.82) is 0 Å². The number of rotatable bonds is 5. The number of hydrogen-bond acceptors (Lipinski definition) is 5. The fourth-order valence-corrected chi connectivity index (χ4v) is 3.04. The van der Waals surface area contributed by atoms with Crippen molar-refractivity contribution in [1.82, 2.24) is 15.0 Å². The molecule has 0 amide bonds. The molecular formula is C16H20N4O3.